The highest BCUT2D eigenvalue weighted by molar-refractivity contribution is 6.06. The highest BCUT2D eigenvalue weighted by Gasteiger charge is 2.19. The van der Waals surface area contributed by atoms with Crippen molar-refractivity contribution in [1.82, 2.24) is 4.90 Å². The topological polar surface area (TPSA) is 54.0 Å². The lowest BCUT2D eigenvalue weighted by atomic mass is 10.1. The molecule has 8 heteroatoms. The standard InChI is InChI=1S/C26H28FN3O3.ClH/c1-32-22-11-12-23(25(17-22)33-2)26(31)28-20-7-9-21(10-8-20)30-15-13-29(14-16-30)18-19-5-3-4-6-24(19)27;/h3-12,17H,13-16,18H2,1-2H3,(H,28,31);1H. The maximum absolute atomic E-state index is 13.9. The minimum atomic E-state index is -0.246. The van der Waals surface area contributed by atoms with Crippen molar-refractivity contribution in [2.45, 2.75) is 6.54 Å². The Balaban J connectivity index is 0.00000324. The first-order valence-corrected chi connectivity index (χ1v) is 10.9. The first-order chi connectivity index (χ1) is 16.1. The zero-order valence-electron chi connectivity index (χ0n) is 19.3. The van der Waals surface area contributed by atoms with Crippen molar-refractivity contribution in [3.8, 4) is 11.5 Å². The Hall–Kier alpha value is -3.29. The number of methoxy groups -OCH3 is 2. The minimum Gasteiger partial charge on any atom is -0.497 e. The number of amides is 1. The monoisotopic (exact) mass is 485 g/mol. The van der Waals surface area contributed by atoms with Crippen LogP contribution in [0, 0.1) is 5.82 Å². The van der Waals surface area contributed by atoms with E-state index in [0.29, 0.717) is 29.3 Å². The van der Waals surface area contributed by atoms with Gasteiger partial charge >= 0.3 is 0 Å². The van der Waals surface area contributed by atoms with Gasteiger partial charge in [-0.2, -0.15) is 0 Å². The lowest BCUT2D eigenvalue weighted by molar-refractivity contribution is 0.102. The van der Waals surface area contributed by atoms with Gasteiger partial charge in [-0.05, 0) is 42.5 Å². The number of carbonyl (C=O) groups is 1. The molecule has 1 amide bonds. The van der Waals surface area contributed by atoms with Gasteiger partial charge in [0.05, 0.1) is 19.8 Å². The van der Waals surface area contributed by atoms with Crippen LogP contribution in [0.2, 0.25) is 0 Å². The molecule has 1 N–H and O–H groups in total. The van der Waals surface area contributed by atoms with Gasteiger partial charge in [0.2, 0.25) is 0 Å². The summed E-state index contributed by atoms with van der Waals surface area (Å²) in [5.74, 6) is 0.687. The van der Waals surface area contributed by atoms with Gasteiger partial charge in [0, 0.05) is 55.7 Å². The van der Waals surface area contributed by atoms with Crippen LogP contribution >= 0.6 is 12.4 Å². The van der Waals surface area contributed by atoms with Crippen molar-refractivity contribution in [1.29, 1.82) is 0 Å². The molecule has 1 saturated heterocycles. The van der Waals surface area contributed by atoms with Crippen LogP contribution in [0.4, 0.5) is 15.8 Å². The van der Waals surface area contributed by atoms with Crippen molar-refractivity contribution in [2.24, 2.45) is 0 Å². The van der Waals surface area contributed by atoms with Crippen molar-refractivity contribution >= 4 is 29.7 Å². The summed E-state index contributed by atoms with van der Waals surface area (Å²) in [5.41, 5.74) is 2.98. The highest BCUT2D eigenvalue weighted by Crippen LogP contribution is 2.26. The Morgan fingerprint density at radius 2 is 1.65 bits per heavy atom. The van der Waals surface area contributed by atoms with Gasteiger partial charge in [-0.15, -0.1) is 12.4 Å². The van der Waals surface area contributed by atoms with E-state index in [1.54, 1.807) is 31.4 Å². The van der Waals surface area contributed by atoms with Crippen molar-refractivity contribution < 1.29 is 18.7 Å². The molecule has 1 heterocycles. The summed E-state index contributed by atoms with van der Waals surface area (Å²) >= 11 is 0. The average Bonchev–Trinajstić information content (AvgIpc) is 2.86. The Labute approximate surface area is 205 Å². The van der Waals surface area contributed by atoms with Crippen LogP contribution in [0.5, 0.6) is 11.5 Å². The molecule has 0 radical (unpaired) electrons. The molecule has 34 heavy (non-hydrogen) atoms. The van der Waals surface area contributed by atoms with Gasteiger partial charge in [0.25, 0.3) is 5.91 Å². The van der Waals surface area contributed by atoms with Gasteiger partial charge in [-0.25, -0.2) is 4.39 Å². The first kappa shape index (κ1) is 25.3. The van der Waals surface area contributed by atoms with Gasteiger partial charge in [-0.3, -0.25) is 9.69 Å². The number of rotatable bonds is 7. The second kappa shape index (κ2) is 11.7. The van der Waals surface area contributed by atoms with Gasteiger partial charge in [-0.1, -0.05) is 18.2 Å². The number of piperazine rings is 1. The fourth-order valence-electron chi connectivity index (χ4n) is 3.97. The lowest BCUT2D eigenvalue weighted by Gasteiger charge is -2.36. The quantitative estimate of drug-likeness (QED) is 0.519. The number of carbonyl (C=O) groups excluding carboxylic acids is 1. The normalized spacial score (nSPS) is 13.7. The van der Waals surface area contributed by atoms with Gasteiger partial charge in [0.1, 0.15) is 17.3 Å². The molecule has 1 aliphatic heterocycles. The molecule has 0 spiro atoms. The fraction of sp³-hybridized carbons (Fsp3) is 0.269. The average molecular weight is 486 g/mol. The van der Waals surface area contributed by atoms with E-state index in [2.05, 4.69) is 15.1 Å². The van der Waals surface area contributed by atoms with Crippen LogP contribution < -0.4 is 19.7 Å². The van der Waals surface area contributed by atoms with E-state index in [1.165, 1.54) is 13.2 Å². The number of nitrogens with one attached hydrogen (secondary N) is 1. The largest absolute Gasteiger partial charge is 0.497 e. The molecule has 0 atom stereocenters. The van der Waals surface area contributed by atoms with E-state index in [0.717, 1.165) is 37.4 Å². The van der Waals surface area contributed by atoms with Crippen molar-refractivity contribution in [2.75, 3.05) is 50.6 Å². The number of nitrogens with zero attached hydrogens (tertiary/aromatic N) is 2. The molecule has 4 rings (SSSR count). The van der Waals surface area contributed by atoms with E-state index in [-0.39, 0.29) is 24.1 Å². The van der Waals surface area contributed by atoms with E-state index in [9.17, 15) is 9.18 Å². The third kappa shape index (κ3) is 5.98. The molecule has 3 aromatic rings. The summed E-state index contributed by atoms with van der Waals surface area (Å²) in [6, 6.07) is 19.9. The Morgan fingerprint density at radius 1 is 0.941 bits per heavy atom. The molecule has 0 unspecified atom stereocenters. The molecule has 1 aliphatic rings. The summed E-state index contributed by atoms with van der Waals surface area (Å²) in [6.07, 6.45) is 0. The summed E-state index contributed by atoms with van der Waals surface area (Å²) in [6.45, 7) is 4.08. The second-order valence-corrected chi connectivity index (χ2v) is 7.92. The molecule has 0 saturated carbocycles. The van der Waals surface area contributed by atoms with Crippen LogP contribution in [0.3, 0.4) is 0 Å². The van der Waals surface area contributed by atoms with Crippen molar-refractivity contribution in [3.05, 3.63) is 83.7 Å². The highest BCUT2D eigenvalue weighted by atomic mass is 35.5. The second-order valence-electron chi connectivity index (χ2n) is 7.92. The molecule has 0 aromatic heterocycles. The molecule has 0 bridgehead atoms. The number of benzene rings is 3. The predicted molar refractivity (Wildman–Crippen MR) is 135 cm³/mol. The van der Waals surface area contributed by atoms with Crippen LogP contribution in [-0.2, 0) is 6.54 Å². The Bertz CT molecular complexity index is 1100. The maximum atomic E-state index is 13.9. The fourth-order valence-corrected chi connectivity index (χ4v) is 3.97. The molecular formula is C26H29ClFN3O3. The molecule has 1 fully saturated rings. The Kier molecular flexibility index (Phi) is 8.73. The van der Waals surface area contributed by atoms with Crippen LogP contribution in [0.1, 0.15) is 15.9 Å². The molecule has 3 aromatic carbocycles. The van der Waals surface area contributed by atoms with Gasteiger partial charge < -0.3 is 19.7 Å². The van der Waals surface area contributed by atoms with E-state index >= 15 is 0 Å². The number of hydrogen-bond donors (Lipinski definition) is 1. The predicted octanol–water partition coefficient (Wildman–Crippen LogP) is 4.84. The number of hydrogen-bond acceptors (Lipinski definition) is 5. The molecule has 180 valence electrons. The number of ether oxygens (including phenoxy) is 2. The summed E-state index contributed by atoms with van der Waals surface area (Å²) < 4.78 is 24.4. The maximum Gasteiger partial charge on any atom is 0.259 e. The van der Waals surface area contributed by atoms with Crippen LogP contribution in [-0.4, -0.2) is 51.2 Å². The zero-order chi connectivity index (χ0) is 23.2. The van der Waals surface area contributed by atoms with E-state index in [4.69, 9.17) is 9.47 Å². The van der Waals surface area contributed by atoms with E-state index < -0.39 is 0 Å². The van der Waals surface area contributed by atoms with Crippen LogP contribution in [0.15, 0.2) is 66.7 Å². The smallest absolute Gasteiger partial charge is 0.259 e. The molecular weight excluding hydrogens is 457 g/mol. The van der Waals surface area contributed by atoms with E-state index in [1.807, 2.05) is 36.4 Å². The first-order valence-electron chi connectivity index (χ1n) is 10.9. The number of halogens is 2. The zero-order valence-corrected chi connectivity index (χ0v) is 20.1. The molecule has 6 nitrogen and oxygen atoms in total. The SMILES string of the molecule is COc1ccc(C(=O)Nc2ccc(N3CCN(Cc4ccccc4F)CC3)cc2)c(OC)c1.Cl. The summed E-state index contributed by atoms with van der Waals surface area (Å²) in [7, 11) is 3.09. The summed E-state index contributed by atoms with van der Waals surface area (Å²) in [4.78, 5) is 17.3. The van der Waals surface area contributed by atoms with Gasteiger partial charge in [0.15, 0.2) is 0 Å². The Morgan fingerprint density at radius 3 is 2.29 bits per heavy atom. The third-order valence-corrected chi connectivity index (χ3v) is 5.87. The lowest BCUT2D eigenvalue weighted by Crippen LogP contribution is -2.46. The number of anilines is 2. The molecule has 0 aliphatic carbocycles. The van der Waals surface area contributed by atoms with Crippen LogP contribution in [0.25, 0.3) is 0 Å². The summed E-state index contributed by atoms with van der Waals surface area (Å²) in [5, 5.41) is 2.92. The van der Waals surface area contributed by atoms with Crippen molar-refractivity contribution in [3.63, 3.8) is 0 Å². The minimum absolute atomic E-state index is 0. The third-order valence-electron chi connectivity index (χ3n) is 5.87.